The molecular formula is C12H19N3O2. The van der Waals surface area contributed by atoms with Gasteiger partial charge in [0, 0.05) is 13.6 Å². The van der Waals surface area contributed by atoms with Gasteiger partial charge < -0.3 is 14.6 Å². The summed E-state index contributed by atoms with van der Waals surface area (Å²) in [4.78, 5) is 15.3. The van der Waals surface area contributed by atoms with Gasteiger partial charge in [0.25, 0.3) is 0 Å². The molecule has 0 aliphatic carbocycles. The highest BCUT2D eigenvalue weighted by Crippen LogP contribution is 2.06. The van der Waals surface area contributed by atoms with Crippen LogP contribution in [0.5, 0.6) is 0 Å². The van der Waals surface area contributed by atoms with Crippen molar-refractivity contribution in [3.63, 3.8) is 0 Å². The summed E-state index contributed by atoms with van der Waals surface area (Å²) < 4.78 is 6.99. The van der Waals surface area contributed by atoms with E-state index < -0.39 is 11.7 Å². The average Bonchev–Trinajstić information content (AvgIpc) is 2.56. The minimum atomic E-state index is -0.462. The van der Waals surface area contributed by atoms with E-state index in [0.717, 1.165) is 5.69 Å². The zero-order valence-corrected chi connectivity index (χ0v) is 10.7. The number of carbonyl (C=O) groups excluding carboxylic acids is 1. The second-order valence-electron chi connectivity index (χ2n) is 4.71. The van der Waals surface area contributed by atoms with Gasteiger partial charge in [0.2, 0.25) is 0 Å². The van der Waals surface area contributed by atoms with E-state index in [9.17, 15) is 4.79 Å². The summed E-state index contributed by atoms with van der Waals surface area (Å²) in [6.07, 6.45) is 6.81. The third kappa shape index (κ3) is 5.19. The summed E-state index contributed by atoms with van der Waals surface area (Å²) in [5, 5.41) is 2.64. The molecule has 0 bridgehead atoms. The molecule has 0 aliphatic rings. The molecule has 1 heterocycles. The van der Waals surface area contributed by atoms with Crippen molar-refractivity contribution in [2.75, 3.05) is 6.54 Å². The molecule has 1 N–H and O–H groups in total. The summed E-state index contributed by atoms with van der Waals surface area (Å²) in [6, 6.07) is 0. The molecule has 0 unspecified atom stereocenters. The minimum Gasteiger partial charge on any atom is -0.444 e. The Balaban J connectivity index is 2.31. The second-order valence-corrected chi connectivity index (χ2v) is 4.71. The van der Waals surface area contributed by atoms with Crippen molar-refractivity contribution < 1.29 is 9.53 Å². The fourth-order valence-electron chi connectivity index (χ4n) is 1.16. The van der Waals surface area contributed by atoms with Gasteiger partial charge >= 0.3 is 6.09 Å². The average molecular weight is 237 g/mol. The summed E-state index contributed by atoms with van der Waals surface area (Å²) in [6.45, 7) is 5.92. The molecule has 1 amide bonds. The lowest BCUT2D eigenvalue weighted by atomic mass is 10.2. The molecule has 0 saturated carbocycles. The number of aryl methyl sites for hydroxylation is 1. The lowest BCUT2D eigenvalue weighted by molar-refractivity contribution is 0.0534. The molecule has 0 aliphatic heterocycles. The van der Waals surface area contributed by atoms with Crippen LogP contribution in [0, 0.1) is 0 Å². The third-order valence-electron chi connectivity index (χ3n) is 1.91. The highest BCUT2D eigenvalue weighted by atomic mass is 16.6. The van der Waals surface area contributed by atoms with Gasteiger partial charge in [-0.1, -0.05) is 6.08 Å². The van der Waals surface area contributed by atoms with Gasteiger partial charge in [-0.15, -0.1) is 0 Å². The predicted molar refractivity (Wildman–Crippen MR) is 66.5 cm³/mol. The summed E-state index contributed by atoms with van der Waals surface area (Å²) in [7, 11) is 1.91. The van der Waals surface area contributed by atoms with Crippen LogP contribution in [0.1, 0.15) is 26.5 Å². The Labute approximate surface area is 101 Å². The van der Waals surface area contributed by atoms with Crippen molar-refractivity contribution in [2.45, 2.75) is 26.4 Å². The standard InChI is InChI=1S/C12H19N3O2/c1-12(2,3)17-11(16)14-7-5-6-10-8-13-9-15(10)4/h5-6,8-9H,7H2,1-4H3,(H,14,16). The number of hydrogen-bond acceptors (Lipinski definition) is 3. The van der Waals surface area contributed by atoms with Gasteiger partial charge in [-0.2, -0.15) is 0 Å². The Kier molecular flexibility index (Phi) is 4.31. The Hall–Kier alpha value is -1.78. The number of hydrogen-bond donors (Lipinski definition) is 1. The molecule has 0 radical (unpaired) electrons. The maximum absolute atomic E-state index is 11.3. The van der Waals surface area contributed by atoms with Crippen LogP contribution in [0.15, 0.2) is 18.6 Å². The highest BCUT2D eigenvalue weighted by molar-refractivity contribution is 5.68. The van der Waals surface area contributed by atoms with Gasteiger partial charge in [0.1, 0.15) is 5.60 Å². The highest BCUT2D eigenvalue weighted by Gasteiger charge is 2.14. The van der Waals surface area contributed by atoms with Crippen LogP contribution < -0.4 is 5.32 Å². The molecule has 0 atom stereocenters. The fraction of sp³-hybridized carbons (Fsp3) is 0.500. The molecule has 0 saturated heterocycles. The Bertz CT molecular complexity index is 402. The third-order valence-corrected chi connectivity index (χ3v) is 1.91. The number of aromatic nitrogens is 2. The first-order chi connectivity index (χ1) is 7.88. The number of ether oxygens (including phenoxy) is 1. The van der Waals surface area contributed by atoms with Crippen LogP contribution in [-0.4, -0.2) is 27.8 Å². The van der Waals surface area contributed by atoms with Crippen LogP contribution >= 0.6 is 0 Å². The Morgan fingerprint density at radius 1 is 1.59 bits per heavy atom. The molecule has 5 heteroatoms. The molecule has 1 rings (SSSR count). The first-order valence-electron chi connectivity index (χ1n) is 5.48. The number of rotatable bonds is 3. The molecule has 0 aromatic carbocycles. The molecule has 17 heavy (non-hydrogen) atoms. The van der Waals surface area contributed by atoms with E-state index in [2.05, 4.69) is 10.3 Å². The van der Waals surface area contributed by atoms with E-state index in [4.69, 9.17) is 4.74 Å². The molecule has 1 aromatic heterocycles. The minimum absolute atomic E-state index is 0.410. The molecule has 5 nitrogen and oxygen atoms in total. The Morgan fingerprint density at radius 3 is 2.82 bits per heavy atom. The fourth-order valence-corrected chi connectivity index (χ4v) is 1.16. The van der Waals surface area contributed by atoms with E-state index in [1.54, 1.807) is 12.5 Å². The topological polar surface area (TPSA) is 56.2 Å². The monoisotopic (exact) mass is 237 g/mol. The summed E-state index contributed by atoms with van der Waals surface area (Å²) in [5.41, 5.74) is 0.520. The van der Waals surface area contributed by atoms with Crippen LogP contribution in [0.2, 0.25) is 0 Å². The number of amides is 1. The second kappa shape index (κ2) is 5.52. The van der Waals surface area contributed by atoms with Crippen molar-refractivity contribution in [1.82, 2.24) is 14.9 Å². The maximum atomic E-state index is 11.3. The lowest BCUT2D eigenvalue weighted by Crippen LogP contribution is -2.32. The lowest BCUT2D eigenvalue weighted by Gasteiger charge is -2.19. The SMILES string of the molecule is Cn1cncc1C=CCNC(=O)OC(C)(C)C. The van der Waals surface area contributed by atoms with Crippen LogP contribution in [0.3, 0.4) is 0 Å². The molecule has 0 fully saturated rings. The normalized spacial score (nSPS) is 11.8. The number of nitrogens with one attached hydrogen (secondary N) is 1. The molecular weight excluding hydrogens is 218 g/mol. The molecule has 94 valence electrons. The number of carbonyl (C=O) groups is 1. The quantitative estimate of drug-likeness (QED) is 0.874. The van der Waals surface area contributed by atoms with Crippen molar-refractivity contribution in [3.05, 3.63) is 24.3 Å². The van der Waals surface area contributed by atoms with E-state index in [0.29, 0.717) is 6.54 Å². The predicted octanol–water partition coefficient (Wildman–Crippen LogP) is 1.96. The number of alkyl carbamates (subject to hydrolysis) is 1. The maximum Gasteiger partial charge on any atom is 0.407 e. The first-order valence-corrected chi connectivity index (χ1v) is 5.48. The Morgan fingerprint density at radius 2 is 2.29 bits per heavy atom. The van der Waals surface area contributed by atoms with Crippen molar-refractivity contribution in [3.8, 4) is 0 Å². The van der Waals surface area contributed by atoms with Gasteiger partial charge in [-0.25, -0.2) is 9.78 Å². The number of imidazole rings is 1. The zero-order valence-electron chi connectivity index (χ0n) is 10.7. The van der Waals surface area contributed by atoms with Gasteiger partial charge in [-0.05, 0) is 26.8 Å². The van der Waals surface area contributed by atoms with Gasteiger partial charge in [0.15, 0.2) is 0 Å². The van der Waals surface area contributed by atoms with Gasteiger partial charge in [0.05, 0.1) is 18.2 Å². The first kappa shape index (κ1) is 13.3. The molecule has 1 aromatic rings. The van der Waals surface area contributed by atoms with Crippen LogP contribution in [0.25, 0.3) is 6.08 Å². The summed E-state index contributed by atoms with van der Waals surface area (Å²) >= 11 is 0. The zero-order chi connectivity index (χ0) is 12.9. The van der Waals surface area contributed by atoms with Crippen molar-refractivity contribution >= 4 is 12.2 Å². The molecule has 0 spiro atoms. The largest absolute Gasteiger partial charge is 0.444 e. The summed E-state index contributed by atoms with van der Waals surface area (Å²) in [5.74, 6) is 0. The van der Waals surface area contributed by atoms with Crippen LogP contribution in [-0.2, 0) is 11.8 Å². The van der Waals surface area contributed by atoms with E-state index in [1.165, 1.54) is 0 Å². The van der Waals surface area contributed by atoms with Crippen molar-refractivity contribution in [1.29, 1.82) is 0 Å². The smallest absolute Gasteiger partial charge is 0.407 e. The van der Waals surface area contributed by atoms with Gasteiger partial charge in [-0.3, -0.25) is 0 Å². The van der Waals surface area contributed by atoms with E-state index >= 15 is 0 Å². The number of nitrogens with zero attached hydrogens (tertiary/aromatic N) is 2. The van der Waals surface area contributed by atoms with Crippen molar-refractivity contribution in [2.24, 2.45) is 7.05 Å². The van der Waals surface area contributed by atoms with Crippen LogP contribution in [0.4, 0.5) is 4.79 Å². The van der Waals surface area contributed by atoms with E-state index in [1.807, 2.05) is 44.5 Å². The van der Waals surface area contributed by atoms with E-state index in [-0.39, 0.29) is 0 Å².